The average Bonchev–Trinajstić information content (AvgIpc) is 3.44. The van der Waals surface area contributed by atoms with Crippen LogP contribution in [0.4, 0.5) is 9.59 Å². The summed E-state index contributed by atoms with van der Waals surface area (Å²) in [6.07, 6.45) is 3.11. The Morgan fingerprint density at radius 3 is 2.70 bits per heavy atom. The van der Waals surface area contributed by atoms with Crippen molar-refractivity contribution in [3.8, 4) is 11.4 Å². The smallest absolute Gasteiger partial charge is 0.429 e. The lowest BCUT2D eigenvalue weighted by molar-refractivity contribution is 0.0541. The molecule has 8 nitrogen and oxygen atoms in total. The number of imidazole rings is 1. The van der Waals surface area contributed by atoms with Crippen LogP contribution in [0.2, 0.25) is 5.02 Å². The zero-order valence-electron chi connectivity index (χ0n) is 18.4. The highest BCUT2D eigenvalue weighted by Gasteiger charge is 2.37. The molecule has 2 unspecified atom stereocenters. The van der Waals surface area contributed by atoms with Gasteiger partial charge in [0.05, 0.1) is 35.3 Å². The lowest BCUT2D eigenvalue weighted by Crippen LogP contribution is -2.53. The number of hydrazine groups is 1. The van der Waals surface area contributed by atoms with Crippen LogP contribution in [0.15, 0.2) is 54.6 Å². The van der Waals surface area contributed by atoms with E-state index in [1.54, 1.807) is 19.9 Å². The van der Waals surface area contributed by atoms with Gasteiger partial charge in [-0.2, -0.15) is 0 Å². The maximum absolute atomic E-state index is 12.7. The van der Waals surface area contributed by atoms with Crippen molar-refractivity contribution in [3.05, 3.63) is 65.2 Å². The second kappa shape index (κ2) is 9.95. The van der Waals surface area contributed by atoms with Gasteiger partial charge in [0, 0.05) is 11.5 Å². The molecule has 33 heavy (non-hydrogen) atoms. The molecule has 0 aliphatic heterocycles. The van der Waals surface area contributed by atoms with Crippen LogP contribution in [0.1, 0.15) is 31.7 Å². The fraction of sp³-hybridized carbons (Fsp3) is 0.292. The number of benzene rings is 2. The maximum Gasteiger partial charge on any atom is 0.429 e. The highest BCUT2D eigenvalue weighted by molar-refractivity contribution is 6.33. The van der Waals surface area contributed by atoms with Gasteiger partial charge in [0.1, 0.15) is 5.82 Å². The molecule has 2 aromatic carbocycles. The van der Waals surface area contributed by atoms with Crippen molar-refractivity contribution in [2.75, 3.05) is 13.2 Å². The third kappa shape index (κ3) is 4.66. The summed E-state index contributed by atoms with van der Waals surface area (Å²) in [5, 5.41) is 1.74. The number of para-hydroxylation sites is 2. The van der Waals surface area contributed by atoms with Crippen LogP contribution >= 0.6 is 11.6 Å². The van der Waals surface area contributed by atoms with E-state index >= 15 is 0 Å². The van der Waals surface area contributed by atoms with Gasteiger partial charge in [-0.15, -0.1) is 0 Å². The van der Waals surface area contributed by atoms with Crippen molar-refractivity contribution in [1.29, 1.82) is 0 Å². The minimum absolute atomic E-state index is 0.173. The summed E-state index contributed by atoms with van der Waals surface area (Å²) in [6.45, 7) is 3.76. The Balaban J connectivity index is 1.74. The number of nitrogens with one attached hydrogen (secondary N) is 2. The molecule has 9 heteroatoms. The predicted octanol–water partition coefficient (Wildman–Crippen LogP) is 5.42. The topological polar surface area (TPSA) is 96.6 Å². The molecule has 0 fully saturated rings. The number of ether oxygens (including phenoxy) is 2. The SMILES string of the molecule is CCOC(=O)NN(C(=O)OCC)C1CC=CC1c1cccc(Cl)c1-c1nc2ccccc2[nH]1. The molecular formula is C24H25ClN4O4. The number of amides is 2. The van der Waals surface area contributed by atoms with Crippen LogP contribution in [0.5, 0.6) is 0 Å². The Morgan fingerprint density at radius 1 is 1.15 bits per heavy atom. The summed E-state index contributed by atoms with van der Waals surface area (Å²) < 4.78 is 10.2. The summed E-state index contributed by atoms with van der Waals surface area (Å²) in [5.41, 5.74) is 5.89. The number of hydrogen-bond acceptors (Lipinski definition) is 5. The first-order chi connectivity index (χ1) is 16.0. The highest BCUT2D eigenvalue weighted by Crippen LogP contribution is 2.40. The number of aromatic nitrogens is 2. The number of rotatable bonds is 5. The summed E-state index contributed by atoms with van der Waals surface area (Å²) in [5.74, 6) is 0.370. The number of nitrogens with zero attached hydrogens (tertiary/aromatic N) is 2. The van der Waals surface area contributed by atoms with Gasteiger partial charge in [-0.1, -0.05) is 48.0 Å². The van der Waals surface area contributed by atoms with Gasteiger partial charge in [0.25, 0.3) is 0 Å². The maximum atomic E-state index is 12.7. The Labute approximate surface area is 196 Å². The third-order valence-corrected chi connectivity index (χ3v) is 5.76. The fourth-order valence-electron chi connectivity index (χ4n) is 4.07. The van der Waals surface area contributed by atoms with Gasteiger partial charge >= 0.3 is 12.2 Å². The zero-order chi connectivity index (χ0) is 23.4. The fourth-order valence-corrected chi connectivity index (χ4v) is 4.35. The predicted molar refractivity (Wildman–Crippen MR) is 126 cm³/mol. The van der Waals surface area contributed by atoms with Crippen molar-refractivity contribution in [2.24, 2.45) is 0 Å². The largest absolute Gasteiger partial charge is 0.449 e. The minimum Gasteiger partial charge on any atom is -0.449 e. The molecule has 1 aliphatic carbocycles. The van der Waals surface area contributed by atoms with E-state index in [9.17, 15) is 9.59 Å². The Kier molecular flexibility index (Phi) is 6.84. The molecule has 3 aromatic rings. The van der Waals surface area contributed by atoms with Gasteiger partial charge in [-0.3, -0.25) is 0 Å². The van der Waals surface area contributed by atoms with Crippen LogP contribution in [-0.4, -0.2) is 46.4 Å². The van der Waals surface area contributed by atoms with Crippen molar-refractivity contribution < 1.29 is 19.1 Å². The van der Waals surface area contributed by atoms with Crippen molar-refractivity contribution >= 4 is 34.8 Å². The van der Waals surface area contributed by atoms with Crippen LogP contribution in [0, 0.1) is 0 Å². The molecular weight excluding hydrogens is 444 g/mol. The monoisotopic (exact) mass is 468 g/mol. The number of aromatic amines is 1. The third-order valence-electron chi connectivity index (χ3n) is 5.45. The van der Waals surface area contributed by atoms with Crippen LogP contribution in [0.3, 0.4) is 0 Å². The number of H-pyrrole nitrogens is 1. The minimum atomic E-state index is -0.722. The van der Waals surface area contributed by atoms with Gasteiger partial charge < -0.3 is 14.5 Å². The Hall–Kier alpha value is -3.52. The van der Waals surface area contributed by atoms with Crippen LogP contribution < -0.4 is 5.43 Å². The molecule has 0 saturated heterocycles. The first-order valence-electron chi connectivity index (χ1n) is 10.8. The van der Waals surface area contributed by atoms with E-state index in [1.165, 1.54) is 5.01 Å². The highest BCUT2D eigenvalue weighted by atomic mass is 35.5. The van der Waals surface area contributed by atoms with E-state index in [0.29, 0.717) is 17.3 Å². The summed E-state index contributed by atoms with van der Waals surface area (Å²) in [6, 6.07) is 12.9. The van der Waals surface area contributed by atoms with E-state index in [-0.39, 0.29) is 19.1 Å². The molecule has 0 bridgehead atoms. The molecule has 1 aliphatic rings. The molecule has 172 valence electrons. The van der Waals surface area contributed by atoms with E-state index in [1.807, 2.05) is 48.6 Å². The zero-order valence-corrected chi connectivity index (χ0v) is 19.1. The second-order valence-electron chi connectivity index (χ2n) is 7.46. The molecule has 2 atom stereocenters. The van der Waals surface area contributed by atoms with Crippen molar-refractivity contribution in [3.63, 3.8) is 0 Å². The number of hydrogen-bond donors (Lipinski definition) is 2. The Morgan fingerprint density at radius 2 is 1.94 bits per heavy atom. The van der Waals surface area contributed by atoms with Gasteiger partial charge in [0.15, 0.2) is 0 Å². The van der Waals surface area contributed by atoms with Crippen molar-refractivity contribution in [1.82, 2.24) is 20.4 Å². The summed E-state index contributed by atoms with van der Waals surface area (Å²) in [4.78, 5) is 33.0. The number of halogens is 1. The van der Waals surface area contributed by atoms with Crippen LogP contribution in [0.25, 0.3) is 22.4 Å². The molecule has 0 radical (unpaired) electrons. The normalized spacial score (nSPS) is 17.2. The van der Waals surface area contributed by atoms with Gasteiger partial charge in [0.2, 0.25) is 0 Å². The van der Waals surface area contributed by atoms with Gasteiger partial charge in [-0.05, 0) is 44.0 Å². The molecule has 4 rings (SSSR count). The molecule has 1 aromatic heterocycles. The lowest BCUT2D eigenvalue weighted by atomic mass is 9.90. The number of carbonyl (C=O) groups is 2. The van der Waals surface area contributed by atoms with E-state index in [4.69, 9.17) is 26.1 Å². The Bertz CT molecular complexity index is 1160. The summed E-state index contributed by atoms with van der Waals surface area (Å²) >= 11 is 6.66. The number of fused-ring (bicyclic) bond motifs is 1. The average molecular weight is 469 g/mol. The van der Waals surface area contributed by atoms with Crippen LogP contribution in [-0.2, 0) is 9.47 Å². The molecule has 0 spiro atoms. The van der Waals surface area contributed by atoms with Gasteiger partial charge in [-0.25, -0.2) is 25.0 Å². The molecule has 2 N–H and O–H groups in total. The molecule has 1 heterocycles. The standard InChI is InChI=1S/C24H25ClN4O4/c1-3-32-23(30)28-29(24(31)33-4-2)20-14-8-9-15(20)16-10-7-11-17(25)21(16)22-26-18-12-5-6-13-19(18)27-22/h5-13,15,20H,3-4,14H2,1-2H3,(H,26,27)(H,28,30). The van der Waals surface area contributed by atoms with E-state index in [2.05, 4.69) is 10.4 Å². The molecule has 2 amide bonds. The lowest BCUT2D eigenvalue weighted by Gasteiger charge is -2.32. The quantitative estimate of drug-likeness (QED) is 0.385. The van der Waals surface area contributed by atoms with Crippen molar-refractivity contribution in [2.45, 2.75) is 32.2 Å². The summed E-state index contributed by atoms with van der Waals surface area (Å²) in [7, 11) is 0. The molecule has 0 saturated carbocycles. The first kappa shape index (κ1) is 22.7. The second-order valence-corrected chi connectivity index (χ2v) is 7.87. The first-order valence-corrected chi connectivity index (χ1v) is 11.2. The number of carbonyl (C=O) groups excluding carboxylic acids is 2. The van der Waals surface area contributed by atoms with E-state index < -0.39 is 18.2 Å². The van der Waals surface area contributed by atoms with E-state index in [0.717, 1.165) is 22.2 Å².